The predicted molar refractivity (Wildman–Crippen MR) is 212 cm³/mol. The van der Waals surface area contributed by atoms with Crippen molar-refractivity contribution >= 4 is 17.9 Å². The van der Waals surface area contributed by atoms with E-state index in [0.717, 1.165) is 77.0 Å². The highest BCUT2D eigenvalue weighted by molar-refractivity contribution is 5.71. The molecule has 52 heavy (non-hydrogen) atoms. The number of carboxylic acid groups (broad SMARTS) is 1. The SMILES string of the molecule is CC/C=C\C/C=C\C/C=C\C/C=C\CCCCC(=O)OC(COC(=O)CCCCCCC/C=C\CCCCC)COC(OCC[N+](C)(C)C)C(=O)O. The average molecular weight is 733 g/mol. The van der Waals surface area contributed by atoms with E-state index >= 15 is 0 Å². The van der Waals surface area contributed by atoms with E-state index < -0.39 is 24.3 Å². The first-order chi connectivity index (χ1) is 25.1. The summed E-state index contributed by atoms with van der Waals surface area (Å²) >= 11 is 0. The van der Waals surface area contributed by atoms with Gasteiger partial charge < -0.3 is 28.5 Å². The molecule has 0 rings (SSSR count). The minimum atomic E-state index is -1.52. The lowest BCUT2D eigenvalue weighted by Gasteiger charge is -2.25. The number of allylic oxidation sites excluding steroid dienone is 10. The van der Waals surface area contributed by atoms with Gasteiger partial charge in [-0.2, -0.15) is 0 Å². The highest BCUT2D eigenvalue weighted by Gasteiger charge is 2.25. The molecule has 0 aromatic carbocycles. The third-order valence-electron chi connectivity index (χ3n) is 8.01. The smallest absolute Gasteiger partial charge is 0.361 e. The van der Waals surface area contributed by atoms with Crippen molar-refractivity contribution in [3.63, 3.8) is 0 Å². The van der Waals surface area contributed by atoms with Crippen molar-refractivity contribution in [2.24, 2.45) is 0 Å². The zero-order valence-corrected chi connectivity index (χ0v) is 33.4. The summed E-state index contributed by atoms with van der Waals surface area (Å²) in [6.07, 6.45) is 37.1. The first-order valence-corrected chi connectivity index (χ1v) is 20.0. The normalized spacial score (nSPS) is 13.6. The van der Waals surface area contributed by atoms with Crippen molar-refractivity contribution in [3.8, 4) is 0 Å². The minimum absolute atomic E-state index is 0.176. The summed E-state index contributed by atoms with van der Waals surface area (Å²) in [5.41, 5.74) is 0. The molecule has 0 aliphatic heterocycles. The second kappa shape index (κ2) is 35.0. The maximum absolute atomic E-state index is 12.7. The van der Waals surface area contributed by atoms with Gasteiger partial charge in [0.05, 0.1) is 34.4 Å². The number of aliphatic carboxylic acids is 1. The molecule has 0 aromatic heterocycles. The van der Waals surface area contributed by atoms with Gasteiger partial charge in [-0.15, -0.1) is 0 Å². The molecule has 0 bridgehead atoms. The van der Waals surface area contributed by atoms with E-state index in [1.54, 1.807) is 0 Å². The summed E-state index contributed by atoms with van der Waals surface area (Å²) in [6.45, 7) is 4.63. The van der Waals surface area contributed by atoms with Crippen LogP contribution in [0.5, 0.6) is 0 Å². The number of nitrogens with zero attached hydrogens (tertiary/aromatic N) is 1. The van der Waals surface area contributed by atoms with Crippen LogP contribution in [0.15, 0.2) is 60.8 Å². The number of hydrogen-bond donors (Lipinski definition) is 1. The molecule has 0 fully saturated rings. The van der Waals surface area contributed by atoms with E-state index in [4.69, 9.17) is 18.9 Å². The lowest BCUT2D eigenvalue weighted by Crippen LogP contribution is -2.40. The molecular formula is C43H74NO8+. The first kappa shape index (κ1) is 49.0. The van der Waals surface area contributed by atoms with Gasteiger partial charge in [-0.05, 0) is 77.0 Å². The van der Waals surface area contributed by atoms with Crippen LogP contribution in [-0.2, 0) is 33.3 Å². The van der Waals surface area contributed by atoms with Crippen LogP contribution < -0.4 is 0 Å². The van der Waals surface area contributed by atoms with Crippen LogP contribution in [0.1, 0.15) is 136 Å². The fourth-order valence-electron chi connectivity index (χ4n) is 4.88. The molecule has 1 N–H and O–H groups in total. The first-order valence-electron chi connectivity index (χ1n) is 20.0. The van der Waals surface area contributed by atoms with E-state index in [9.17, 15) is 19.5 Å². The number of likely N-dealkylation sites (N-methyl/N-ethyl adjacent to an activating group) is 1. The minimum Gasteiger partial charge on any atom is -0.477 e. The van der Waals surface area contributed by atoms with E-state index in [1.807, 2.05) is 21.1 Å². The van der Waals surface area contributed by atoms with Gasteiger partial charge in [-0.3, -0.25) is 9.59 Å². The summed E-state index contributed by atoms with van der Waals surface area (Å²) in [5, 5.41) is 9.59. The summed E-state index contributed by atoms with van der Waals surface area (Å²) in [5.74, 6) is -2.09. The van der Waals surface area contributed by atoms with Crippen molar-refractivity contribution in [2.75, 3.05) is 47.5 Å². The number of quaternary nitrogens is 1. The quantitative estimate of drug-likeness (QED) is 0.0226. The molecule has 0 saturated carbocycles. The molecule has 0 radical (unpaired) electrons. The number of carbonyl (C=O) groups excluding carboxylic acids is 2. The van der Waals surface area contributed by atoms with Gasteiger partial charge in [-0.1, -0.05) is 107 Å². The molecular weight excluding hydrogens is 658 g/mol. The van der Waals surface area contributed by atoms with Crippen LogP contribution in [0, 0.1) is 0 Å². The molecule has 0 heterocycles. The van der Waals surface area contributed by atoms with Crippen molar-refractivity contribution in [1.29, 1.82) is 0 Å². The Labute approximate surface area is 316 Å². The Morgan fingerprint density at radius 2 is 1.10 bits per heavy atom. The van der Waals surface area contributed by atoms with E-state index in [-0.39, 0.29) is 38.6 Å². The highest BCUT2D eigenvalue weighted by Crippen LogP contribution is 2.11. The van der Waals surface area contributed by atoms with E-state index in [0.29, 0.717) is 17.4 Å². The topological polar surface area (TPSA) is 108 Å². The third-order valence-corrected chi connectivity index (χ3v) is 8.01. The van der Waals surface area contributed by atoms with Gasteiger partial charge in [0, 0.05) is 12.8 Å². The van der Waals surface area contributed by atoms with Gasteiger partial charge in [0.1, 0.15) is 13.2 Å². The van der Waals surface area contributed by atoms with Crippen LogP contribution in [0.4, 0.5) is 0 Å². The number of hydrogen-bond acceptors (Lipinski definition) is 7. The summed E-state index contributed by atoms with van der Waals surface area (Å²) in [7, 11) is 5.92. The van der Waals surface area contributed by atoms with Gasteiger partial charge in [0.15, 0.2) is 6.10 Å². The molecule has 9 nitrogen and oxygen atoms in total. The Morgan fingerprint density at radius 3 is 1.69 bits per heavy atom. The van der Waals surface area contributed by atoms with E-state index in [2.05, 4.69) is 74.6 Å². The number of carbonyl (C=O) groups is 3. The van der Waals surface area contributed by atoms with Crippen LogP contribution in [-0.4, -0.2) is 87.4 Å². The third kappa shape index (κ3) is 35.4. The Hall–Kier alpha value is -3.01. The number of rotatable bonds is 35. The van der Waals surface area contributed by atoms with Crippen molar-refractivity contribution in [2.45, 2.75) is 148 Å². The van der Waals surface area contributed by atoms with E-state index in [1.165, 1.54) is 25.7 Å². The predicted octanol–water partition coefficient (Wildman–Crippen LogP) is 9.82. The molecule has 2 atom stereocenters. The molecule has 0 aromatic rings. The Morgan fingerprint density at radius 1 is 0.596 bits per heavy atom. The Balaban J connectivity index is 4.63. The summed E-state index contributed by atoms with van der Waals surface area (Å²) in [4.78, 5) is 36.9. The highest BCUT2D eigenvalue weighted by atomic mass is 16.7. The molecule has 0 aliphatic rings. The zero-order valence-electron chi connectivity index (χ0n) is 33.4. The summed E-state index contributed by atoms with van der Waals surface area (Å²) < 4.78 is 22.6. The number of ether oxygens (including phenoxy) is 4. The van der Waals surface area contributed by atoms with Gasteiger partial charge >= 0.3 is 17.9 Å². The Kier molecular flexibility index (Phi) is 33.0. The Bertz CT molecular complexity index is 1040. The maximum atomic E-state index is 12.7. The molecule has 0 amide bonds. The fraction of sp³-hybridized carbons (Fsp3) is 0.698. The number of carboxylic acids is 1. The second-order valence-corrected chi connectivity index (χ2v) is 14.2. The fourth-order valence-corrected chi connectivity index (χ4v) is 4.88. The molecule has 9 heteroatoms. The van der Waals surface area contributed by atoms with Crippen molar-refractivity contribution < 1.29 is 42.9 Å². The van der Waals surface area contributed by atoms with Crippen molar-refractivity contribution in [1.82, 2.24) is 0 Å². The lowest BCUT2D eigenvalue weighted by molar-refractivity contribution is -0.870. The standard InChI is InChI=1S/C43H73NO8/c1-6-8-10-12-14-16-18-20-21-22-24-26-28-30-32-34-41(46)52-39(38-51-43(42(47)48)49-36-35-44(3,4)5)37-50-40(45)33-31-29-27-25-23-19-17-15-13-11-9-7-2/h8,10,14-17,20-21,24,26,39,43H,6-7,9,11-13,18-19,22-23,25,27-38H2,1-5H3/p+1/b10-8-,16-14-,17-15-,21-20-,26-24-. The van der Waals surface area contributed by atoms with Crippen molar-refractivity contribution in [3.05, 3.63) is 60.8 Å². The number of unbranched alkanes of at least 4 members (excludes halogenated alkanes) is 10. The average Bonchev–Trinajstić information content (AvgIpc) is 3.09. The summed E-state index contributed by atoms with van der Waals surface area (Å²) in [6, 6.07) is 0. The second-order valence-electron chi connectivity index (χ2n) is 14.2. The molecule has 0 spiro atoms. The van der Waals surface area contributed by atoms with Crippen LogP contribution in [0.2, 0.25) is 0 Å². The largest absolute Gasteiger partial charge is 0.477 e. The molecule has 298 valence electrons. The lowest BCUT2D eigenvalue weighted by atomic mass is 10.1. The molecule has 0 aliphatic carbocycles. The molecule has 2 unspecified atom stereocenters. The van der Waals surface area contributed by atoms with Crippen LogP contribution in [0.25, 0.3) is 0 Å². The van der Waals surface area contributed by atoms with Gasteiger partial charge in [0.25, 0.3) is 6.29 Å². The van der Waals surface area contributed by atoms with Crippen LogP contribution in [0.3, 0.4) is 0 Å². The molecule has 0 saturated heterocycles. The van der Waals surface area contributed by atoms with Gasteiger partial charge in [0.2, 0.25) is 0 Å². The zero-order chi connectivity index (χ0) is 38.5. The van der Waals surface area contributed by atoms with Gasteiger partial charge in [-0.25, -0.2) is 4.79 Å². The number of esters is 2. The monoisotopic (exact) mass is 733 g/mol. The van der Waals surface area contributed by atoms with Crippen LogP contribution >= 0.6 is 0 Å². The maximum Gasteiger partial charge on any atom is 0.361 e.